The summed E-state index contributed by atoms with van der Waals surface area (Å²) >= 11 is 0. The molecule has 0 N–H and O–H groups in total. The van der Waals surface area contributed by atoms with Crippen molar-refractivity contribution in [2.75, 3.05) is 6.61 Å². The Kier molecular flexibility index (Phi) is 1.99. The zero-order valence-electron chi connectivity index (χ0n) is 8.34. The summed E-state index contributed by atoms with van der Waals surface area (Å²) in [5.74, 6) is 0.991. The Morgan fingerprint density at radius 1 is 1.27 bits per heavy atom. The number of benzene rings is 1. The van der Waals surface area contributed by atoms with Gasteiger partial charge < -0.3 is 4.74 Å². The van der Waals surface area contributed by atoms with Crippen molar-refractivity contribution in [3.63, 3.8) is 0 Å². The lowest BCUT2D eigenvalue weighted by Gasteiger charge is -2.06. The minimum atomic E-state index is 0.611. The van der Waals surface area contributed by atoms with Gasteiger partial charge in [-0.3, -0.25) is 0 Å². The summed E-state index contributed by atoms with van der Waals surface area (Å²) in [6.07, 6.45) is 2.02. The number of nitrogens with zero attached hydrogens (tertiary/aromatic N) is 3. The topological polar surface area (TPSA) is 30.9 Å². The Morgan fingerprint density at radius 2 is 2.13 bits per heavy atom. The molecule has 0 fully saturated rings. The maximum atomic E-state index is 5.35. The molecule has 1 aromatic heterocycles. The fourth-order valence-corrected chi connectivity index (χ4v) is 1.74. The lowest BCUT2D eigenvalue weighted by atomic mass is 10.3. The third-order valence-electron chi connectivity index (χ3n) is 2.53. The minimum Gasteiger partial charge on any atom is -0.367 e. The molecule has 4 heteroatoms. The Morgan fingerprint density at radius 3 is 2.93 bits per heavy atom. The molecule has 2 heterocycles. The molecule has 1 aliphatic heterocycles. The van der Waals surface area contributed by atoms with Crippen LogP contribution < -0.4 is 4.57 Å². The van der Waals surface area contributed by atoms with Crippen LogP contribution in [0.25, 0.3) is 5.69 Å². The van der Waals surface area contributed by atoms with Crippen LogP contribution in [0.4, 0.5) is 0 Å². The normalized spacial score (nSPS) is 14.9. The van der Waals surface area contributed by atoms with Crippen LogP contribution in [0, 0.1) is 0 Å². The van der Waals surface area contributed by atoms with E-state index >= 15 is 0 Å². The lowest BCUT2D eigenvalue weighted by Crippen LogP contribution is -2.42. The van der Waals surface area contributed by atoms with Crippen molar-refractivity contribution in [3.8, 4) is 5.69 Å². The van der Waals surface area contributed by atoms with Gasteiger partial charge in [0.05, 0.1) is 13.2 Å². The van der Waals surface area contributed by atoms with Crippen molar-refractivity contribution >= 4 is 0 Å². The monoisotopic (exact) mass is 202 g/mol. The zero-order valence-corrected chi connectivity index (χ0v) is 8.34. The first-order valence-corrected chi connectivity index (χ1v) is 5.05. The summed E-state index contributed by atoms with van der Waals surface area (Å²) in [4.78, 5) is 0. The molecule has 1 aliphatic rings. The highest BCUT2D eigenvalue weighted by atomic mass is 16.5. The second-order valence-corrected chi connectivity index (χ2v) is 3.56. The van der Waals surface area contributed by atoms with Crippen LogP contribution >= 0.6 is 0 Å². The summed E-state index contributed by atoms with van der Waals surface area (Å²) in [5, 5.41) is 4.48. The van der Waals surface area contributed by atoms with Crippen LogP contribution in [0.3, 0.4) is 0 Å². The van der Waals surface area contributed by atoms with Crippen LogP contribution in [0.2, 0.25) is 0 Å². The van der Waals surface area contributed by atoms with Crippen LogP contribution in [0.1, 0.15) is 5.82 Å². The van der Waals surface area contributed by atoms with E-state index in [9.17, 15) is 0 Å². The molecule has 4 nitrogen and oxygen atoms in total. The van der Waals surface area contributed by atoms with Crippen LogP contribution in [-0.2, 0) is 17.9 Å². The van der Waals surface area contributed by atoms with Gasteiger partial charge in [0.15, 0.2) is 0 Å². The number of ether oxygens (including phenoxy) is 1. The van der Waals surface area contributed by atoms with E-state index < -0.39 is 0 Å². The molecule has 0 spiro atoms. The largest absolute Gasteiger partial charge is 0.367 e. The average Bonchev–Trinajstić information content (AvgIpc) is 2.74. The van der Waals surface area contributed by atoms with Gasteiger partial charge in [0.25, 0.3) is 0 Å². The van der Waals surface area contributed by atoms with Crippen molar-refractivity contribution < 1.29 is 9.30 Å². The molecule has 0 radical (unpaired) electrons. The van der Waals surface area contributed by atoms with Gasteiger partial charge >= 0.3 is 5.82 Å². The highest BCUT2D eigenvalue weighted by Gasteiger charge is 2.21. The van der Waals surface area contributed by atoms with Crippen LogP contribution in [0.5, 0.6) is 0 Å². The third-order valence-corrected chi connectivity index (χ3v) is 2.53. The van der Waals surface area contributed by atoms with E-state index in [4.69, 9.17) is 4.74 Å². The van der Waals surface area contributed by atoms with Crippen LogP contribution in [0.15, 0.2) is 36.7 Å². The van der Waals surface area contributed by atoms with Gasteiger partial charge in [-0.05, 0) is 12.1 Å². The first-order valence-electron chi connectivity index (χ1n) is 5.05. The Labute approximate surface area is 87.7 Å². The van der Waals surface area contributed by atoms with Gasteiger partial charge in [-0.1, -0.05) is 22.9 Å². The van der Waals surface area contributed by atoms with Gasteiger partial charge in [-0.25, -0.2) is 4.57 Å². The molecule has 0 amide bonds. The lowest BCUT2D eigenvalue weighted by molar-refractivity contribution is -0.717. The second-order valence-electron chi connectivity index (χ2n) is 3.56. The number of fused-ring (bicyclic) bond motifs is 1. The maximum absolute atomic E-state index is 5.35. The van der Waals surface area contributed by atoms with E-state index in [2.05, 4.69) is 9.67 Å². The van der Waals surface area contributed by atoms with Crippen molar-refractivity contribution in [2.45, 2.75) is 13.2 Å². The second kappa shape index (κ2) is 3.47. The molecule has 0 bridgehead atoms. The molecular weight excluding hydrogens is 190 g/mol. The molecule has 0 atom stereocenters. The molecular formula is C11H12N3O+. The molecule has 76 valence electrons. The zero-order chi connectivity index (χ0) is 10.1. The van der Waals surface area contributed by atoms with Gasteiger partial charge in [0, 0.05) is 5.10 Å². The van der Waals surface area contributed by atoms with Gasteiger partial charge in [-0.2, -0.15) is 0 Å². The maximum Gasteiger partial charge on any atom is 0.303 e. The molecule has 1 aromatic carbocycles. The van der Waals surface area contributed by atoms with E-state index in [1.165, 1.54) is 0 Å². The smallest absolute Gasteiger partial charge is 0.303 e. The highest BCUT2D eigenvalue weighted by molar-refractivity contribution is 5.28. The molecule has 0 aliphatic carbocycles. The summed E-state index contributed by atoms with van der Waals surface area (Å²) in [7, 11) is 0. The van der Waals surface area contributed by atoms with E-state index in [0.717, 1.165) is 24.7 Å². The van der Waals surface area contributed by atoms with Gasteiger partial charge in [-0.15, -0.1) is 0 Å². The van der Waals surface area contributed by atoms with Crippen LogP contribution in [-0.4, -0.2) is 16.4 Å². The summed E-state index contributed by atoms with van der Waals surface area (Å²) in [5.41, 5.74) is 1.08. The predicted octanol–water partition coefficient (Wildman–Crippen LogP) is 0.690. The Bertz CT molecular complexity index is 440. The number of aromatic nitrogens is 3. The number of hydrogen-bond donors (Lipinski definition) is 0. The Balaban J connectivity index is 2.03. The SMILES string of the molecule is c1ccc(-n2c[n+]3c(n2)COCC3)cc1. The minimum absolute atomic E-state index is 0.611. The summed E-state index contributed by atoms with van der Waals surface area (Å²) in [6.45, 7) is 2.28. The predicted molar refractivity (Wildman–Crippen MR) is 53.4 cm³/mol. The van der Waals surface area contributed by atoms with E-state index in [1.54, 1.807) is 0 Å². The molecule has 0 saturated carbocycles. The number of rotatable bonds is 1. The van der Waals surface area contributed by atoms with E-state index in [0.29, 0.717) is 6.61 Å². The standard InChI is InChI=1S/C11H12N3O/c1-2-4-10(5-3-1)14-9-13-6-7-15-8-11(13)12-14/h1-5,9H,6-8H2/q+1. The number of hydrogen-bond acceptors (Lipinski definition) is 2. The first-order chi connectivity index (χ1) is 7.43. The molecule has 0 unspecified atom stereocenters. The van der Waals surface area contributed by atoms with Gasteiger partial charge in [0.2, 0.25) is 6.33 Å². The molecule has 3 rings (SSSR count). The molecule has 15 heavy (non-hydrogen) atoms. The number of para-hydroxylation sites is 1. The Hall–Kier alpha value is -1.68. The quantitative estimate of drug-likeness (QED) is 0.637. The van der Waals surface area contributed by atoms with Crippen molar-refractivity contribution in [3.05, 3.63) is 42.5 Å². The molecule has 0 saturated heterocycles. The molecule has 2 aromatic rings. The summed E-state index contributed by atoms with van der Waals surface area (Å²) in [6, 6.07) is 10.1. The van der Waals surface area contributed by atoms with Crippen molar-refractivity contribution in [1.29, 1.82) is 0 Å². The van der Waals surface area contributed by atoms with E-state index in [1.807, 2.05) is 41.3 Å². The highest BCUT2D eigenvalue weighted by Crippen LogP contribution is 2.05. The van der Waals surface area contributed by atoms with Crippen molar-refractivity contribution in [2.24, 2.45) is 0 Å². The van der Waals surface area contributed by atoms with Crippen molar-refractivity contribution in [1.82, 2.24) is 9.78 Å². The summed E-state index contributed by atoms with van der Waals surface area (Å²) < 4.78 is 9.38. The van der Waals surface area contributed by atoms with Gasteiger partial charge in [0.1, 0.15) is 12.3 Å². The average molecular weight is 202 g/mol. The van der Waals surface area contributed by atoms with E-state index in [-0.39, 0.29) is 0 Å². The first kappa shape index (κ1) is 8.61. The fourth-order valence-electron chi connectivity index (χ4n) is 1.74. The fraction of sp³-hybridized carbons (Fsp3) is 0.273. The third kappa shape index (κ3) is 1.53.